The fourth-order valence-electron chi connectivity index (χ4n) is 1.56. The van der Waals surface area contributed by atoms with E-state index in [1.165, 1.54) is 12.3 Å². The van der Waals surface area contributed by atoms with E-state index in [4.69, 9.17) is 5.11 Å². The molecule has 5 nitrogen and oxygen atoms in total. The average Bonchev–Trinajstić information content (AvgIpc) is 2.45. The number of hydrogen-bond acceptors (Lipinski definition) is 4. The van der Waals surface area contributed by atoms with E-state index in [0.717, 1.165) is 24.7 Å². The zero-order chi connectivity index (χ0) is 14.8. The number of carbonyl (C=O) groups excluding carboxylic acids is 1. The van der Waals surface area contributed by atoms with Gasteiger partial charge in [-0.1, -0.05) is 6.07 Å². The van der Waals surface area contributed by atoms with Gasteiger partial charge in [-0.2, -0.15) is 11.8 Å². The number of carbonyl (C=O) groups is 2. The maximum Gasteiger partial charge on any atom is 0.328 e. The van der Waals surface area contributed by atoms with E-state index in [0.29, 0.717) is 12.1 Å². The van der Waals surface area contributed by atoms with Crippen molar-refractivity contribution in [3.63, 3.8) is 0 Å². The number of carboxylic acids is 1. The summed E-state index contributed by atoms with van der Waals surface area (Å²) >= 11 is 1.78. The monoisotopic (exact) mass is 294 g/mol. The first kappa shape index (κ1) is 16.2. The summed E-state index contributed by atoms with van der Waals surface area (Å²) in [4.78, 5) is 26.5. The third-order valence-electron chi connectivity index (χ3n) is 2.52. The van der Waals surface area contributed by atoms with Crippen molar-refractivity contribution in [2.24, 2.45) is 0 Å². The third-order valence-corrected chi connectivity index (χ3v) is 3.22. The zero-order valence-corrected chi connectivity index (χ0v) is 12.2. The highest BCUT2D eigenvalue weighted by atomic mass is 32.2. The Hall–Kier alpha value is -1.82. The molecule has 1 aromatic heterocycles. The summed E-state index contributed by atoms with van der Waals surface area (Å²) in [5.41, 5.74) is 0.742. The Balaban J connectivity index is 2.61. The summed E-state index contributed by atoms with van der Waals surface area (Å²) in [6, 6.07) is 3.33. The first-order valence-corrected chi connectivity index (χ1v) is 7.67. The van der Waals surface area contributed by atoms with Crippen molar-refractivity contribution in [3.05, 3.63) is 35.7 Å². The number of aromatic nitrogens is 1. The molecule has 0 radical (unpaired) electrons. The molecular formula is C14H18N2O3S. The largest absolute Gasteiger partial charge is 0.478 e. The van der Waals surface area contributed by atoms with E-state index in [9.17, 15) is 9.59 Å². The van der Waals surface area contributed by atoms with Crippen LogP contribution >= 0.6 is 11.8 Å². The molecule has 0 fully saturated rings. The van der Waals surface area contributed by atoms with Crippen molar-refractivity contribution < 1.29 is 14.7 Å². The number of amides is 1. The number of hydrogen-bond donors (Lipinski definition) is 2. The lowest BCUT2D eigenvalue weighted by Gasteiger charge is -2.06. The van der Waals surface area contributed by atoms with Gasteiger partial charge in [0.1, 0.15) is 5.69 Å². The van der Waals surface area contributed by atoms with Gasteiger partial charge in [-0.15, -0.1) is 0 Å². The number of nitrogens with one attached hydrogen (secondary N) is 1. The van der Waals surface area contributed by atoms with Crippen molar-refractivity contribution in [2.45, 2.75) is 12.8 Å². The van der Waals surface area contributed by atoms with Gasteiger partial charge >= 0.3 is 5.97 Å². The molecule has 1 amide bonds. The fourth-order valence-corrected chi connectivity index (χ4v) is 2.05. The number of carboxylic acid groups (broad SMARTS) is 1. The lowest BCUT2D eigenvalue weighted by atomic mass is 10.1. The molecule has 108 valence electrons. The number of aliphatic carboxylic acids is 1. The summed E-state index contributed by atoms with van der Waals surface area (Å²) in [7, 11) is 0. The molecule has 0 bridgehead atoms. The topological polar surface area (TPSA) is 79.3 Å². The van der Waals surface area contributed by atoms with Gasteiger partial charge in [-0.3, -0.25) is 9.78 Å². The van der Waals surface area contributed by atoms with Crippen molar-refractivity contribution >= 4 is 29.7 Å². The maximum atomic E-state index is 12.0. The molecule has 0 atom stereocenters. The van der Waals surface area contributed by atoms with Crippen LogP contribution < -0.4 is 5.32 Å². The highest BCUT2D eigenvalue weighted by Gasteiger charge is 2.10. The van der Waals surface area contributed by atoms with Crippen molar-refractivity contribution in [3.8, 4) is 0 Å². The predicted molar refractivity (Wildman–Crippen MR) is 80.9 cm³/mol. The van der Waals surface area contributed by atoms with Crippen LogP contribution in [0.25, 0.3) is 6.08 Å². The van der Waals surface area contributed by atoms with Crippen LogP contribution in [0, 0.1) is 0 Å². The Morgan fingerprint density at radius 1 is 1.45 bits per heavy atom. The highest BCUT2D eigenvalue weighted by Crippen LogP contribution is 2.08. The number of pyridine rings is 1. The predicted octanol–water partition coefficient (Wildman–Crippen LogP) is 2.05. The van der Waals surface area contributed by atoms with Gasteiger partial charge in [0.15, 0.2) is 0 Å². The van der Waals surface area contributed by atoms with Crippen LogP contribution in [-0.2, 0) is 4.79 Å². The Kier molecular flexibility index (Phi) is 7.42. The molecule has 0 saturated heterocycles. The fraction of sp³-hybridized carbons (Fsp3) is 0.357. The first-order chi connectivity index (χ1) is 9.65. The summed E-state index contributed by atoms with van der Waals surface area (Å²) in [5, 5.41) is 11.4. The van der Waals surface area contributed by atoms with Crippen LogP contribution in [0.15, 0.2) is 24.4 Å². The molecule has 6 heteroatoms. The second-order valence-corrected chi connectivity index (χ2v) is 5.05. The molecule has 0 aliphatic carbocycles. The van der Waals surface area contributed by atoms with Gasteiger partial charge in [0.2, 0.25) is 0 Å². The summed E-state index contributed by atoms with van der Waals surface area (Å²) in [5.74, 6) is -0.261. The van der Waals surface area contributed by atoms with E-state index in [1.807, 2.05) is 6.26 Å². The summed E-state index contributed by atoms with van der Waals surface area (Å²) in [6.07, 6.45) is 7.90. The second-order valence-electron chi connectivity index (χ2n) is 4.07. The lowest BCUT2D eigenvalue weighted by Crippen LogP contribution is -2.26. The van der Waals surface area contributed by atoms with E-state index in [2.05, 4.69) is 10.3 Å². The SMILES string of the molecule is CSCCCCNC(=O)c1ncccc1/C=C/C(=O)O. The third kappa shape index (κ3) is 5.88. The number of unbranched alkanes of at least 4 members (excludes halogenated alkanes) is 1. The Morgan fingerprint density at radius 3 is 2.95 bits per heavy atom. The molecule has 0 aliphatic heterocycles. The van der Waals surface area contributed by atoms with Crippen LogP contribution in [0.3, 0.4) is 0 Å². The van der Waals surface area contributed by atoms with E-state index < -0.39 is 5.97 Å². The Labute approximate surface area is 122 Å². The molecular weight excluding hydrogens is 276 g/mol. The van der Waals surface area contributed by atoms with Crippen molar-refractivity contribution in [2.75, 3.05) is 18.6 Å². The molecule has 1 rings (SSSR count). The van der Waals surface area contributed by atoms with Gasteiger partial charge in [-0.05, 0) is 37.0 Å². The Morgan fingerprint density at radius 2 is 2.25 bits per heavy atom. The van der Waals surface area contributed by atoms with E-state index in [1.54, 1.807) is 23.9 Å². The zero-order valence-electron chi connectivity index (χ0n) is 11.3. The van der Waals surface area contributed by atoms with Crippen LogP contribution in [0.5, 0.6) is 0 Å². The molecule has 0 spiro atoms. The Bertz CT molecular complexity index is 489. The standard InChI is InChI=1S/C14H18N2O3S/c1-20-10-3-2-8-16-14(19)13-11(5-4-9-15-13)6-7-12(17)18/h4-7,9H,2-3,8,10H2,1H3,(H,16,19)(H,17,18)/b7-6+. The highest BCUT2D eigenvalue weighted by molar-refractivity contribution is 7.98. The van der Waals surface area contributed by atoms with Crippen molar-refractivity contribution in [1.82, 2.24) is 10.3 Å². The van der Waals surface area contributed by atoms with Gasteiger partial charge in [-0.25, -0.2) is 4.79 Å². The second kappa shape index (κ2) is 9.14. The van der Waals surface area contributed by atoms with Gasteiger partial charge in [0, 0.05) is 24.4 Å². The van der Waals surface area contributed by atoms with Crippen LogP contribution in [-0.4, -0.2) is 40.5 Å². The van der Waals surface area contributed by atoms with Crippen LogP contribution in [0.4, 0.5) is 0 Å². The van der Waals surface area contributed by atoms with Gasteiger partial charge < -0.3 is 10.4 Å². The minimum Gasteiger partial charge on any atom is -0.478 e. The minimum atomic E-state index is -1.06. The van der Waals surface area contributed by atoms with E-state index >= 15 is 0 Å². The normalized spacial score (nSPS) is 10.7. The summed E-state index contributed by atoms with van der Waals surface area (Å²) < 4.78 is 0. The summed E-state index contributed by atoms with van der Waals surface area (Å²) in [6.45, 7) is 0.595. The molecule has 2 N–H and O–H groups in total. The number of nitrogens with zero attached hydrogens (tertiary/aromatic N) is 1. The number of thioether (sulfide) groups is 1. The number of rotatable bonds is 8. The van der Waals surface area contributed by atoms with Gasteiger partial charge in [0.05, 0.1) is 0 Å². The molecule has 1 heterocycles. The van der Waals surface area contributed by atoms with E-state index in [-0.39, 0.29) is 11.6 Å². The average molecular weight is 294 g/mol. The molecule has 1 aromatic rings. The quantitative estimate of drug-likeness (QED) is 0.566. The molecule has 0 unspecified atom stereocenters. The van der Waals surface area contributed by atoms with Crippen LogP contribution in [0.2, 0.25) is 0 Å². The molecule has 20 heavy (non-hydrogen) atoms. The smallest absolute Gasteiger partial charge is 0.328 e. The molecule has 0 saturated carbocycles. The lowest BCUT2D eigenvalue weighted by molar-refractivity contribution is -0.131. The first-order valence-electron chi connectivity index (χ1n) is 6.28. The van der Waals surface area contributed by atoms with Crippen LogP contribution in [0.1, 0.15) is 28.9 Å². The van der Waals surface area contributed by atoms with Crippen molar-refractivity contribution in [1.29, 1.82) is 0 Å². The maximum absolute atomic E-state index is 12.0. The van der Waals surface area contributed by atoms with Gasteiger partial charge in [0.25, 0.3) is 5.91 Å². The molecule has 0 aliphatic rings. The minimum absolute atomic E-state index is 0.245. The molecule has 0 aromatic carbocycles.